The van der Waals surface area contributed by atoms with Gasteiger partial charge < -0.3 is 15.7 Å². The summed E-state index contributed by atoms with van der Waals surface area (Å²) in [5.41, 5.74) is 0.101. The van der Waals surface area contributed by atoms with Crippen LogP contribution in [0.25, 0.3) is 0 Å². The first-order chi connectivity index (χ1) is 6.96. The molecule has 15 heavy (non-hydrogen) atoms. The average molecular weight is 212 g/mol. The number of nitrogens with one attached hydrogen (secondary N) is 2. The minimum absolute atomic E-state index is 0.421. The van der Waals surface area contributed by atoms with Gasteiger partial charge >= 0.3 is 12.0 Å². The minimum atomic E-state index is -1.00. The lowest BCUT2D eigenvalue weighted by Crippen LogP contribution is -2.47. The van der Waals surface area contributed by atoms with Crippen LogP contribution >= 0.6 is 0 Å². The van der Waals surface area contributed by atoms with Gasteiger partial charge in [0.15, 0.2) is 0 Å². The van der Waals surface area contributed by atoms with E-state index in [4.69, 9.17) is 5.11 Å². The van der Waals surface area contributed by atoms with E-state index in [2.05, 4.69) is 10.6 Å². The molecule has 1 rings (SSSR count). The number of carbonyl (C=O) groups is 2. The van der Waals surface area contributed by atoms with E-state index >= 15 is 0 Å². The molecule has 0 spiro atoms. The van der Waals surface area contributed by atoms with Crippen molar-refractivity contribution in [2.24, 2.45) is 0 Å². The van der Waals surface area contributed by atoms with Crippen molar-refractivity contribution in [2.45, 2.75) is 32.2 Å². The van der Waals surface area contributed by atoms with Gasteiger partial charge in [0.1, 0.15) is 5.54 Å². The first-order valence-electron chi connectivity index (χ1n) is 4.89. The highest BCUT2D eigenvalue weighted by Gasteiger charge is 2.51. The predicted octanol–water partition coefficient (Wildman–Crippen LogP) is 0.869. The summed E-state index contributed by atoms with van der Waals surface area (Å²) < 4.78 is 0. The Hall–Kier alpha value is -1.52. The molecule has 0 atom stereocenters. The van der Waals surface area contributed by atoms with Crippen molar-refractivity contribution in [2.75, 3.05) is 6.54 Å². The van der Waals surface area contributed by atoms with Crippen LogP contribution in [0.15, 0.2) is 11.6 Å². The molecular formula is C10H16N2O3. The molecule has 3 N–H and O–H groups in total. The summed E-state index contributed by atoms with van der Waals surface area (Å²) >= 11 is 0. The number of carbonyl (C=O) groups excluding carboxylic acids is 1. The zero-order valence-electron chi connectivity index (χ0n) is 8.96. The highest BCUT2D eigenvalue weighted by molar-refractivity contribution is 5.88. The molecule has 1 saturated carbocycles. The van der Waals surface area contributed by atoms with Gasteiger partial charge in [0.2, 0.25) is 0 Å². The highest BCUT2D eigenvalue weighted by Crippen LogP contribution is 2.35. The van der Waals surface area contributed by atoms with Crippen molar-refractivity contribution >= 4 is 12.0 Å². The second kappa shape index (κ2) is 4.33. The third kappa shape index (κ3) is 3.27. The zero-order chi connectivity index (χ0) is 11.5. The maximum absolute atomic E-state index is 11.3. The number of carboxylic acids is 1. The topological polar surface area (TPSA) is 78.4 Å². The summed E-state index contributed by atoms with van der Waals surface area (Å²) in [5.74, 6) is -0.958. The Morgan fingerprint density at radius 2 is 2.00 bits per heavy atom. The number of hydrogen-bond donors (Lipinski definition) is 3. The van der Waals surface area contributed by atoms with E-state index in [1.165, 1.54) is 0 Å². The van der Waals surface area contributed by atoms with Crippen molar-refractivity contribution in [3.8, 4) is 0 Å². The Bertz CT molecular complexity index is 302. The molecule has 2 amide bonds. The van der Waals surface area contributed by atoms with Crippen LogP contribution in [0.1, 0.15) is 26.7 Å². The van der Waals surface area contributed by atoms with Crippen molar-refractivity contribution in [3.05, 3.63) is 11.6 Å². The van der Waals surface area contributed by atoms with Gasteiger partial charge in [-0.3, -0.25) is 0 Å². The van der Waals surface area contributed by atoms with Gasteiger partial charge in [0.05, 0.1) is 0 Å². The molecule has 0 aromatic heterocycles. The number of allylic oxidation sites excluding steroid dienone is 1. The van der Waals surface area contributed by atoms with Crippen molar-refractivity contribution in [3.63, 3.8) is 0 Å². The van der Waals surface area contributed by atoms with E-state index in [0.717, 1.165) is 5.57 Å². The fraction of sp³-hybridized carbons (Fsp3) is 0.600. The van der Waals surface area contributed by atoms with Crippen LogP contribution in [0, 0.1) is 0 Å². The summed E-state index contributed by atoms with van der Waals surface area (Å²) in [4.78, 5) is 22.0. The Morgan fingerprint density at radius 3 is 2.40 bits per heavy atom. The smallest absolute Gasteiger partial charge is 0.329 e. The van der Waals surface area contributed by atoms with Crippen LogP contribution in [0.5, 0.6) is 0 Å². The molecule has 0 bridgehead atoms. The molecule has 1 aliphatic rings. The van der Waals surface area contributed by atoms with Crippen LogP contribution in [0.3, 0.4) is 0 Å². The standard InChI is InChI=1S/C10H16N2O3/c1-7(2)3-6-11-9(15)12-10(4-5-10)8(13)14/h3H,4-6H2,1-2H3,(H,13,14)(H2,11,12,15). The predicted molar refractivity (Wildman–Crippen MR) is 55.6 cm³/mol. The molecule has 0 heterocycles. The van der Waals surface area contributed by atoms with Crippen LogP contribution in [0.2, 0.25) is 0 Å². The van der Waals surface area contributed by atoms with Gasteiger partial charge in [0, 0.05) is 6.54 Å². The molecule has 0 unspecified atom stereocenters. The lowest BCUT2D eigenvalue weighted by molar-refractivity contribution is -0.140. The van der Waals surface area contributed by atoms with Gasteiger partial charge in [-0.25, -0.2) is 9.59 Å². The van der Waals surface area contributed by atoms with E-state index in [1.54, 1.807) is 0 Å². The SMILES string of the molecule is CC(C)=CCNC(=O)NC1(C(=O)O)CC1. The third-order valence-electron chi connectivity index (χ3n) is 2.29. The number of rotatable bonds is 4. The van der Waals surface area contributed by atoms with E-state index in [-0.39, 0.29) is 0 Å². The van der Waals surface area contributed by atoms with Gasteiger partial charge in [-0.15, -0.1) is 0 Å². The molecule has 84 valence electrons. The first-order valence-corrected chi connectivity index (χ1v) is 4.89. The van der Waals surface area contributed by atoms with Gasteiger partial charge in [-0.1, -0.05) is 11.6 Å². The number of carboxylic acid groups (broad SMARTS) is 1. The second-order valence-electron chi connectivity index (χ2n) is 4.00. The molecule has 0 aliphatic heterocycles. The number of hydrogen-bond acceptors (Lipinski definition) is 2. The Kier molecular flexibility index (Phi) is 3.34. The molecule has 5 heteroatoms. The normalized spacial score (nSPS) is 16.4. The Balaban J connectivity index is 2.31. The largest absolute Gasteiger partial charge is 0.480 e. The van der Waals surface area contributed by atoms with Crippen LogP contribution in [0.4, 0.5) is 4.79 Å². The Labute approximate surface area is 88.5 Å². The summed E-state index contributed by atoms with van der Waals surface area (Å²) in [6, 6.07) is -0.424. The minimum Gasteiger partial charge on any atom is -0.480 e. The maximum Gasteiger partial charge on any atom is 0.329 e. The zero-order valence-corrected chi connectivity index (χ0v) is 8.96. The lowest BCUT2D eigenvalue weighted by atomic mass is 10.3. The van der Waals surface area contributed by atoms with Crippen LogP contribution in [-0.2, 0) is 4.79 Å². The number of urea groups is 1. The van der Waals surface area contributed by atoms with Gasteiger partial charge in [-0.05, 0) is 26.7 Å². The monoisotopic (exact) mass is 212 g/mol. The molecule has 0 aromatic rings. The van der Waals surface area contributed by atoms with E-state index in [1.807, 2.05) is 19.9 Å². The van der Waals surface area contributed by atoms with Crippen molar-refractivity contribution < 1.29 is 14.7 Å². The van der Waals surface area contributed by atoms with Crippen LogP contribution in [-0.4, -0.2) is 29.2 Å². The summed E-state index contributed by atoms with van der Waals surface area (Å²) in [6.45, 7) is 4.28. The van der Waals surface area contributed by atoms with Crippen molar-refractivity contribution in [1.82, 2.24) is 10.6 Å². The molecule has 5 nitrogen and oxygen atoms in total. The number of amides is 2. The molecule has 1 fully saturated rings. The summed E-state index contributed by atoms with van der Waals surface area (Å²) in [7, 11) is 0. The summed E-state index contributed by atoms with van der Waals surface area (Å²) in [5, 5.41) is 13.8. The fourth-order valence-corrected chi connectivity index (χ4v) is 1.13. The fourth-order valence-electron chi connectivity index (χ4n) is 1.13. The molecule has 1 aliphatic carbocycles. The number of aliphatic carboxylic acids is 1. The van der Waals surface area contributed by atoms with Crippen LogP contribution < -0.4 is 10.6 Å². The van der Waals surface area contributed by atoms with E-state index in [0.29, 0.717) is 19.4 Å². The third-order valence-corrected chi connectivity index (χ3v) is 2.29. The lowest BCUT2D eigenvalue weighted by Gasteiger charge is -2.12. The molecule has 0 saturated heterocycles. The maximum atomic E-state index is 11.3. The highest BCUT2D eigenvalue weighted by atomic mass is 16.4. The van der Waals surface area contributed by atoms with Crippen molar-refractivity contribution in [1.29, 1.82) is 0 Å². The molecule has 0 aromatic carbocycles. The van der Waals surface area contributed by atoms with E-state index < -0.39 is 17.5 Å². The van der Waals surface area contributed by atoms with E-state index in [9.17, 15) is 9.59 Å². The average Bonchev–Trinajstić information content (AvgIpc) is 2.84. The second-order valence-corrected chi connectivity index (χ2v) is 4.00. The summed E-state index contributed by atoms with van der Waals surface area (Å²) in [6.07, 6.45) is 2.89. The molecular weight excluding hydrogens is 196 g/mol. The Morgan fingerprint density at radius 1 is 1.40 bits per heavy atom. The first kappa shape index (κ1) is 11.6. The van der Waals surface area contributed by atoms with Gasteiger partial charge in [-0.2, -0.15) is 0 Å². The quantitative estimate of drug-likeness (QED) is 0.605. The molecule has 0 radical (unpaired) electrons. The van der Waals surface area contributed by atoms with Gasteiger partial charge in [0.25, 0.3) is 0 Å².